The number of rotatable bonds is 5. The summed E-state index contributed by atoms with van der Waals surface area (Å²) in [6.45, 7) is 8.40. The summed E-state index contributed by atoms with van der Waals surface area (Å²) in [5.74, 6) is 3.21. The van der Waals surface area contributed by atoms with Gasteiger partial charge in [0.05, 0.1) is 12.1 Å². The lowest BCUT2D eigenvalue weighted by Crippen LogP contribution is -2.03. The number of ether oxygens (including phenoxy) is 1. The number of halogens is 1. The standard InChI is InChI=1S/C17H21ClN2O/c1-11(2)13-7-5-6-8-15(13)21-16-10-19-17(12(3)4)20-14(16)9-18/h5-8,10-12H,9H2,1-4H3. The molecule has 0 atom stereocenters. The highest BCUT2D eigenvalue weighted by Crippen LogP contribution is 2.32. The Balaban J connectivity index is 2.36. The van der Waals surface area contributed by atoms with Gasteiger partial charge >= 0.3 is 0 Å². The molecule has 21 heavy (non-hydrogen) atoms. The van der Waals surface area contributed by atoms with Crippen molar-refractivity contribution in [2.75, 3.05) is 0 Å². The molecule has 0 spiro atoms. The fourth-order valence-electron chi connectivity index (χ4n) is 2.05. The van der Waals surface area contributed by atoms with Crippen LogP contribution in [0.2, 0.25) is 0 Å². The van der Waals surface area contributed by atoms with E-state index in [4.69, 9.17) is 16.3 Å². The number of aromatic nitrogens is 2. The van der Waals surface area contributed by atoms with Crippen LogP contribution in [0.1, 0.15) is 56.6 Å². The van der Waals surface area contributed by atoms with Gasteiger partial charge in [0.2, 0.25) is 0 Å². The van der Waals surface area contributed by atoms with Crippen LogP contribution < -0.4 is 4.74 Å². The number of hydrogen-bond donors (Lipinski definition) is 0. The van der Waals surface area contributed by atoms with E-state index in [1.54, 1.807) is 6.20 Å². The minimum absolute atomic E-state index is 0.268. The molecule has 0 N–H and O–H groups in total. The normalized spacial score (nSPS) is 11.2. The SMILES string of the molecule is CC(C)c1ncc(Oc2ccccc2C(C)C)c(CCl)n1. The Bertz CT molecular complexity index is 611. The van der Waals surface area contributed by atoms with Gasteiger partial charge in [-0.2, -0.15) is 0 Å². The summed E-state index contributed by atoms with van der Waals surface area (Å²) in [5, 5.41) is 0. The molecule has 112 valence electrons. The van der Waals surface area contributed by atoms with Gasteiger partial charge in [0.25, 0.3) is 0 Å². The molecule has 0 saturated carbocycles. The molecule has 0 aliphatic heterocycles. The lowest BCUT2D eigenvalue weighted by atomic mass is 10.0. The van der Waals surface area contributed by atoms with Gasteiger partial charge < -0.3 is 4.74 Å². The van der Waals surface area contributed by atoms with Crippen molar-refractivity contribution >= 4 is 11.6 Å². The summed E-state index contributed by atoms with van der Waals surface area (Å²) >= 11 is 6.01. The molecule has 4 heteroatoms. The van der Waals surface area contributed by atoms with Crippen LogP contribution in [-0.2, 0) is 5.88 Å². The van der Waals surface area contributed by atoms with Crippen LogP contribution in [0.15, 0.2) is 30.5 Å². The molecule has 3 nitrogen and oxygen atoms in total. The summed E-state index contributed by atoms with van der Waals surface area (Å²) in [5.41, 5.74) is 1.89. The van der Waals surface area contributed by atoms with Crippen LogP contribution in [0.5, 0.6) is 11.5 Å². The minimum Gasteiger partial charge on any atom is -0.453 e. The maximum absolute atomic E-state index is 6.02. The van der Waals surface area contributed by atoms with Gasteiger partial charge in [-0.25, -0.2) is 9.97 Å². The molecule has 1 aromatic carbocycles. The van der Waals surface area contributed by atoms with Gasteiger partial charge in [-0.05, 0) is 17.5 Å². The van der Waals surface area contributed by atoms with Crippen molar-refractivity contribution in [2.24, 2.45) is 0 Å². The van der Waals surface area contributed by atoms with E-state index in [-0.39, 0.29) is 5.92 Å². The third-order valence-electron chi connectivity index (χ3n) is 3.25. The number of alkyl halides is 1. The number of para-hydroxylation sites is 1. The van der Waals surface area contributed by atoms with Gasteiger partial charge in [0.1, 0.15) is 17.3 Å². The fraction of sp³-hybridized carbons (Fsp3) is 0.412. The molecule has 0 aliphatic rings. The summed E-state index contributed by atoms with van der Waals surface area (Å²) in [4.78, 5) is 8.86. The molecule has 2 aromatic rings. The molecule has 0 amide bonds. The quantitative estimate of drug-likeness (QED) is 0.707. The van der Waals surface area contributed by atoms with E-state index in [0.29, 0.717) is 17.5 Å². The van der Waals surface area contributed by atoms with Gasteiger partial charge in [-0.15, -0.1) is 11.6 Å². The Morgan fingerprint density at radius 2 is 1.76 bits per heavy atom. The van der Waals surface area contributed by atoms with Gasteiger partial charge in [0.15, 0.2) is 5.75 Å². The van der Waals surface area contributed by atoms with Crippen LogP contribution >= 0.6 is 11.6 Å². The van der Waals surface area contributed by atoms with Crippen LogP contribution in [0.3, 0.4) is 0 Å². The van der Waals surface area contributed by atoms with Crippen molar-refractivity contribution in [2.45, 2.75) is 45.4 Å². The molecule has 1 aromatic heterocycles. The molecular formula is C17H21ClN2O. The first-order valence-electron chi connectivity index (χ1n) is 7.21. The van der Waals surface area contributed by atoms with Crippen LogP contribution in [0.25, 0.3) is 0 Å². The van der Waals surface area contributed by atoms with E-state index < -0.39 is 0 Å². The van der Waals surface area contributed by atoms with E-state index in [2.05, 4.69) is 43.7 Å². The van der Waals surface area contributed by atoms with Crippen molar-refractivity contribution in [3.8, 4) is 11.5 Å². The van der Waals surface area contributed by atoms with Gasteiger partial charge in [-0.1, -0.05) is 45.9 Å². The average molecular weight is 305 g/mol. The first kappa shape index (κ1) is 15.8. The van der Waals surface area contributed by atoms with Crippen LogP contribution in [0, 0.1) is 0 Å². The first-order valence-corrected chi connectivity index (χ1v) is 7.75. The van der Waals surface area contributed by atoms with Gasteiger partial charge in [0, 0.05) is 5.92 Å². The Hall–Kier alpha value is -1.61. The van der Waals surface area contributed by atoms with E-state index in [1.165, 1.54) is 0 Å². The number of hydrogen-bond acceptors (Lipinski definition) is 3. The molecule has 0 radical (unpaired) electrons. The molecular weight excluding hydrogens is 284 g/mol. The Morgan fingerprint density at radius 3 is 2.38 bits per heavy atom. The summed E-state index contributed by atoms with van der Waals surface area (Å²) in [6.07, 6.45) is 1.72. The maximum atomic E-state index is 6.02. The lowest BCUT2D eigenvalue weighted by Gasteiger charge is -2.15. The van der Waals surface area contributed by atoms with Gasteiger partial charge in [-0.3, -0.25) is 0 Å². The second-order valence-corrected chi connectivity index (χ2v) is 5.89. The molecule has 0 fully saturated rings. The van der Waals surface area contributed by atoms with Crippen molar-refractivity contribution in [3.63, 3.8) is 0 Å². The zero-order valence-corrected chi connectivity index (χ0v) is 13.7. The number of benzene rings is 1. The Kier molecular flexibility index (Phi) is 5.18. The molecule has 0 saturated heterocycles. The molecule has 2 rings (SSSR count). The average Bonchev–Trinajstić information content (AvgIpc) is 2.47. The molecule has 0 bridgehead atoms. The highest BCUT2D eigenvalue weighted by Gasteiger charge is 2.13. The lowest BCUT2D eigenvalue weighted by molar-refractivity contribution is 0.461. The molecule has 1 heterocycles. The number of nitrogens with zero attached hydrogens (tertiary/aromatic N) is 2. The molecule has 0 unspecified atom stereocenters. The highest BCUT2D eigenvalue weighted by atomic mass is 35.5. The Labute approximate surface area is 131 Å². The smallest absolute Gasteiger partial charge is 0.168 e. The van der Waals surface area contributed by atoms with E-state index in [9.17, 15) is 0 Å². The summed E-state index contributed by atoms with van der Waals surface area (Å²) in [7, 11) is 0. The summed E-state index contributed by atoms with van der Waals surface area (Å²) in [6, 6.07) is 8.02. The van der Waals surface area contributed by atoms with E-state index >= 15 is 0 Å². The first-order chi connectivity index (χ1) is 10.0. The third-order valence-corrected chi connectivity index (χ3v) is 3.51. The predicted octanol–water partition coefficient (Wildman–Crippen LogP) is 5.25. The third kappa shape index (κ3) is 3.73. The predicted molar refractivity (Wildman–Crippen MR) is 86.3 cm³/mol. The van der Waals surface area contributed by atoms with E-state index in [0.717, 1.165) is 22.8 Å². The van der Waals surface area contributed by atoms with Crippen molar-refractivity contribution in [1.29, 1.82) is 0 Å². The van der Waals surface area contributed by atoms with Crippen molar-refractivity contribution in [3.05, 3.63) is 47.5 Å². The van der Waals surface area contributed by atoms with Crippen LogP contribution in [-0.4, -0.2) is 9.97 Å². The molecule has 0 aliphatic carbocycles. The largest absolute Gasteiger partial charge is 0.453 e. The second kappa shape index (κ2) is 6.90. The summed E-state index contributed by atoms with van der Waals surface area (Å²) < 4.78 is 6.02. The Morgan fingerprint density at radius 1 is 1.05 bits per heavy atom. The van der Waals surface area contributed by atoms with Crippen molar-refractivity contribution < 1.29 is 4.74 Å². The van der Waals surface area contributed by atoms with E-state index in [1.807, 2.05) is 18.2 Å². The van der Waals surface area contributed by atoms with Crippen LogP contribution in [0.4, 0.5) is 0 Å². The zero-order valence-electron chi connectivity index (χ0n) is 12.9. The monoisotopic (exact) mass is 304 g/mol. The fourth-order valence-corrected chi connectivity index (χ4v) is 2.24. The zero-order chi connectivity index (χ0) is 15.4. The maximum Gasteiger partial charge on any atom is 0.168 e. The topological polar surface area (TPSA) is 35.0 Å². The highest BCUT2D eigenvalue weighted by molar-refractivity contribution is 6.17. The minimum atomic E-state index is 0.268. The second-order valence-electron chi connectivity index (χ2n) is 5.62. The van der Waals surface area contributed by atoms with Crippen molar-refractivity contribution in [1.82, 2.24) is 9.97 Å².